The number of carbonyl (C=O) groups is 1. The number of halogens is 2. The molecule has 3 N–H and O–H groups in total. The number of hydrogen-bond donors (Lipinski definition) is 3. The molecule has 5 atom stereocenters. The van der Waals surface area contributed by atoms with Crippen LogP contribution >= 0.6 is 23.2 Å². The molecule has 0 saturated carbocycles. The Balaban J connectivity index is 1.46. The molecular weight excluding hydrogens is 473 g/mol. The second-order valence-electron chi connectivity index (χ2n) is 8.10. The molecule has 5 rings (SSSR count). The third-order valence-corrected chi connectivity index (χ3v) is 6.85. The van der Waals surface area contributed by atoms with Crippen LogP contribution in [0.2, 0.25) is 10.0 Å². The number of anilines is 1. The molecule has 174 valence electrons. The average Bonchev–Trinajstić information content (AvgIpc) is 3.46. The van der Waals surface area contributed by atoms with E-state index < -0.39 is 30.6 Å². The van der Waals surface area contributed by atoms with Crippen molar-refractivity contribution in [1.29, 1.82) is 0 Å². The molecule has 0 unspecified atom stereocenters. The van der Waals surface area contributed by atoms with Crippen LogP contribution < -0.4 is 4.90 Å². The maximum absolute atomic E-state index is 12.4. The van der Waals surface area contributed by atoms with Crippen LogP contribution in [0.4, 0.5) is 10.6 Å². The Kier molecular flexibility index (Phi) is 5.68. The Morgan fingerprint density at radius 3 is 2.61 bits per heavy atom. The Bertz CT molecular complexity index is 1220. The number of aliphatic hydroxyl groups excluding tert-OH is 3. The van der Waals surface area contributed by atoms with Gasteiger partial charge in [-0.1, -0.05) is 29.3 Å². The second-order valence-corrected chi connectivity index (χ2v) is 8.92. The van der Waals surface area contributed by atoms with Crippen molar-refractivity contribution in [1.82, 2.24) is 19.4 Å². The first-order valence-corrected chi connectivity index (χ1v) is 11.0. The van der Waals surface area contributed by atoms with Crippen molar-refractivity contribution < 1.29 is 24.9 Å². The lowest BCUT2D eigenvalue weighted by molar-refractivity contribution is -0.0848. The minimum absolute atomic E-state index is 0.167. The summed E-state index contributed by atoms with van der Waals surface area (Å²) in [6.07, 6.45) is -3.18. The molecule has 12 heteroatoms. The van der Waals surface area contributed by atoms with Gasteiger partial charge in [-0.25, -0.2) is 14.8 Å². The van der Waals surface area contributed by atoms with Gasteiger partial charge in [-0.2, -0.15) is 0 Å². The van der Waals surface area contributed by atoms with Crippen LogP contribution in [0.1, 0.15) is 17.9 Å². The molecule has 2 fully saturated rings. The molecule has 0 radical (unpaired) electrons. The summed E-state index contributed by atoms with van der Waals surface area (Å²) in [6, 6.07) is 6.15. The van der Waals surface area contributed by atoms with Crippen molar-refractivity contribution >= 4 is 46.1 Å². The van der Waals surface area contributed by atoms with Gasteiger partial charge in [0.2, 0.25) is 0 Å². The van der Waals surface area contributed by atoms with E-state index in [1.165, 1.54) is 18.5 Å². The molecule has 2 amide bonds. The van der Waals surface area contributed by atoms with Gasteiger partial charge in [-0.15, -0.1) is 0 Å². The third kappa shape index (κ3) is 3.63. The summed E-state index contributed by atoms with van der Waals surface area (Å²) in [4.78, 5) is 24.2. The van der Waals surface area contributed by atoms with Crippen LogP contribution in [0.15, 0.2) is 36.8 Å². The molecular formula is C21H21Cl2N5O5. The summed E-state index contributed by atoms with van der Waals surface area (Å²) in [5.41, 5.74) is 0.809. The number of hydrogen-bond acceptors (Lipinski definition) is 7. The number of amides is 2. The molecule has 1 aromatic carbocycles. The van der Waals surface area contributed by atoms with Gasteiger partial charge in [-0.05, 0) is 23.8 Å². The fourth-order valence-electron chi connectivity index (χ4n) is 4.28. The highest BCUT2D eigenvalue weighted by Gasteiger charge is 2.47. The smallest absolute Gasteiger partial charge is 0.325 e. The minimum atomic E-state index is -1.38. The Labute approximate surface area is 198 Å². The second kappa shape index (κ2) is 8.39. The number of fused-ring (bicyclic) bond motifs is 1. The number of ether oxygens (including phenoxy) is 1. The predicted octanol–water partition coefficient (Wildman–Crippen LogP) is 1.96. The van der Waals surface area contributed by atoms with E-state index in [4.69, 9.17) is 27.9 Å². The topological polar surface area (TPSA) is 124 Å². The molecule has 0 spiro atoms. The van der Waals surface area contributed by atoms with Crippen molar-refractivity contribution in [3.8, 4) is 0 Å². The first-order chi connectivity index (χ1) is 15.8. The number of benzene rings is 1. The normalized spacial score (nSPS) is 26.5. The first-order valence-electron chi connectivity index (χ1n) is 10.3. The Morgan fingerprint density at radius 1 is 1.12 bits per heavy atom. The van der Waals surface area contributed by atoms with E-state index in [1.807, 2.05) is 0 Å². The van der Waals surface area contributed by atoms with Crippen LogP contribution in [0.5, 0.6) is 0 Å². The quantitative estimate of drug-likeness (QED) is 0.507. The van der Waals surface area contributed by atoms with Crippen LogP contribution in [-0.4, -0.2) is 79.2 Å². The molecule has 10 nitrogen and oxygen atoms in total. The van der Waals surface area contributed by atoms with Crippen LogP contribution in [-0.2, 0) is 4.74 Å². The molecule has 2 aliphatic heterocycles. The molecule has 2 aliphatic rings. The minimum Gasteiger partial charge on any atom is -0.387 e. The van der Waals surface area contributed by atoms with Gasteiger partial charge in [-0.3, -0.25) is 4.90 Å². The van der Waals surface area contributed by atoms with E-state index in [2.05, 4.69) is 9.97 Å². The standard InChI is InChI=1S/C21H21Cl2N5O5/c1-26-6-7-28(21(26)32)19-11-4-5-27(18(11)24-9-25-19)20-16(31)15(30)17(33-20)14(29)10-2-3-12(22)13(23)8-10/h2-5,8-9,14-17,20,29-31H,6-7H2,1H3/t14-,15+,16-,17-,20-/m1/s1. The summed E-state index contributed by atoms with van der Waals surface area (Å²) < 4.78 is 7.47. The predicted molar refractivity (Wildman–Crippen MR) is 120 cm³/mol. The van der Waals surface area contributed by atoms with Gasteiger partial charge in [0, 0.05) is 26.3 Å². The molecule has 33 heavy (non-hydrogen) atoms. The van der Waals surface area contributed by atoms with Crippen molar-refractivity contribution in [2.24, 2.45) is 0 Å². The number of urea groups is 1. The average molecular weight is 494 g/mol. The summed E-state index contributed by atoms with van der Waals surface area (Å²) >= 11 is 12.0. The summed E-state index contributed by atoms with van der Waals surface area (Å²) in [7, 11) is 1.72. The van der Waals surface area contributed by atoms with E-state index in [0.717, 1.165) is 0 Å². The summed E-state index contributed by atoms with van der Waals surface area (Å²) in [5.74, 6) is 0.452. The van der Waals surface area contributed by atoms with Gasteiger partial charge in [0.15, 0.2) is 6.23 Å². The fourth-order valence-corrected chi connectivity index (χ4v) is 4.59. The molecule has 4 heterocycles. The van der Waals surface area contributed by atoms with Crippen molar-refractivity contribution in [2.75, 3.05) is 25.0 Å². The number of aromatic nitrogens is 3. The van der Waals surface area contributed by atoms with E-state index in [-0.39, 0.29) is 11.1 Å². The number of rotatable bonds is 4. The zero-order valence-electron chi connectivity index (χ0n) is 17.4. The lowest BCUT2D eigenvalue weighted by atomic mass is 9.99. The zero-order chi connectivity index (χ0) is 23.4. The lowest BCUT2D eigenvalue weighted by Crippen LogP contribution is -2.34. The molecule has 2 saturated heterocycles. The highest BCUT2D eigenvalue weighted by atomic mass is 35.5. The van der Waals surface area contributed by atoms with E-state index in [1.54, 1.807) is 39.7 Å². The maximum Gasteiger partial charge on any atom is 0.325 e. The van der Waals surface area contributed by atoms with E-state index >= 15 is 0 Å². The highest BCUT2D eigenvalue weighted by Crippen LogP contribution is 2.39. The van der Waals surface area contributed by atoms with Gasteiger partial charge in [0.1, 0.15) is 42.2 Å². The number of carbonyl (C=O) groups excluding carboxylic acids is 1. The maximum atomic E-state index is 12.4. The number of likely N-dealkylation sites (N-methyl/N-ethyl adjacent to an activating group) is 1. The molecule has 0 aliphatic carbocycles. The van der Waals surface area contributed by atoms with Crippen LogP contribution in [0.25, 0.3) is 11.0 Å². The fraction of sp³-hybridized carbons (Fsp3) is 0.381. The number of nitrogens with zero attached hydrogens (tertiary/aromatic N) is 5. The largest absolute Gasteiger partial charge is 0.387 e. The molecule has 2 aromatic heterocycles. The zero-order valence-corrected chi connectivity index (χ0v) is 18.9. The summed E-state index contributed by atoms with van der Waals surface area (Å²) in [5, 5.41) is 33.4. The van der Waals surface area contributed by atoms with E-state index in [0.29, 0.717) is 40.5 Å². The van der Waals surface area contributed by atoms with Gasteiger partial charge in [0.25, 0.3) is 0 Å². The van der Waals surface area contributed by atoms with Crippen molar-refractivity contribution in [2.45, 2.75) is 30.6 Å². The molecule has 3 aromatic rings. The summed E-state index contributed by atoms with van der Waals surface area (Å²) in [6.45, 7) is 1.07. The van der Waals surface area contributed by atoms with Crippen molar-refractivity contribution in [3.05, 3.63) is 52.4 Å². The lowest BCUT2D eigenvalue weighted by Gasteiger charge is -2.22. The monoisotopic (exact) mass is 493 g/mol. The first kappa shape index (κ1) is 22.3. The van der Waals surface area contributed by atoms with E-state index in [9.17, 15) is 20.1 Å². The Hall–Kier alpha value is -2.47. The van der Waals surface area contributed by atoms with Gasteiger partial charge < -0.3 is 29.5 Å². The van der Waals surface area contributed by atoms with Crippen LogP contribution in [0.3, 0.4) is 0 Å². The van der Waals surface area contributed by atoms with Crippen LogP contribution in [0, 0.1) is 0 Å². The molecule has 0 bridgehead atoms. The Morgan fingerprint density at radius 2 is 1.91 bits per heavy atom. The number of aliphatic hydroxyl groups is 3. The third-order valence-electron chi connectivity index (χ3n) is 6.11. The SMILES string of the molecule is CN1CCN(c2ncnc3c2ccn3[C@@H]2O[C@H]([C@H](O)c3ccc(Cl)c(Cl)c3)[C@@H](O)[C@H]2O)C1=O. The van der Waals surface area contributed by atoms with Gasteiger partial charge in [0.05, 0.1) is 15.4 Å². The highest BCUT2D eigenvalue weighted by molar-refractivity contribution is 6.42. The van der Waals surface area contributed by atoms with Gasteiger partial charge >= 0.3 is 6.03 Å². The van der Waals surface area contributed by atoms with Crippen molar-refractivity contribution in [3.63, 3.8) is 0 Å².